The Kier molecular flexibility index (Phi) is 5.35. The Bertz CT molecular complexity index is 936. The molecule has 1 amide bonds. The molecule has 27 heavy (non-hydrogen) atoms. The molecule has 3 aromatic rings. The van der Waals surface area contributed by atoms with Gasteiger partial charge >= 0.3 is 6.18 Å². The van der Waals surface area contributed by atoms with Crippen LogP contribution in [0.4, 0.5) is 18.9 Å². The first-order valence-corrected chi connectivity index (χ1v) is 8.50. The molecule has 0 saturated carbocycles. The maximum absolute atomic E-state index is 12.6. The van der Waals surface area contributed by atoms with Gasteiger partial charge in [-0.2, -0.15) is 13.2 Å². The third-order valence-electron chi connectivity index (χ3n) is 4.14. The molecular formula is C21H18F3NO2. The molecule has 0 aromatic heterocycles. The highest BCUT2D eigenvalue weighted by Gasteiger charge is 2.30. The predicted octanol–water partition coefficient (Wildman–Crippen LogP) is 5.65. The fourth-order valence-corrected chi connectivity index (χ4v) is 2.69. The molecule has 1 atom stereocenters. The van der Waals surface area contributed by atoms with Crippen LogP contribution in [0.15, 0.2) is 66.7 Å². The van der Waals surface area contributed by atoms with Crippen molar-refractivity contribution in [1.82, 2.24) is 0 Å². The van der Waals surface area contributed by atoms with Crippen molar-refractivity contribution < 1.29 is 22.7 Å². The van der Waals surface area contributed by atoms with Crippen LogP contribution < -0.4 is 10.1 Å². The molecule has 6 heteroatoms. The van der Waals surface area contributed by atoms with Crippen molar-refractivity contribution in [1.29, 1.82) is 0 Å². The van der Waals surface area contributed by atoms with Gasteiger partial charge in [0.1, 0.15) is 5.75 Å². The molecule has 0 aliphatic carbocycles. The summed E-state index contributed by atoms with van der Waals surface area (Å²) in [6.07, 6.45) is -4.75. The van der Waals surface area contributed by atoms with Crippen LogP contribution in [0.2, 0.25) is 0 Å². The zero-order chi connectivity index (χ0) is 19.4. The first-order chi connectivity index (χ1) is 12.9. The van der Waals surface area contributed by atoms with E-state index in [1.807, 2.05) is 36.4 Å². The summed E-state index contributed by atoms with van der Waals surface area (Å²) in [6.45, 7) is 1.80. The van der Waals surface area contributed by atoms with Gasteiger partial charge in [0.05, 0.1) is 5.56 Å². The summed E-state index contributed by atoms with van der Waals surface area (Å²) in [5.41, 5.74) is -0.478. The second-order valence-corrected chi connectivity index (χ2v) is 6.09. The number of ether oxygens (including phenoxy) is 1. The highest BCUT2D eigenvalue weighted by molar-refractivity contribution is 5.94. The number of hydrogen-bond donors (Lipinski definition) is 1. The van der Waals surface area contributed by atoms with E-state index >= 15 is 0 Å². The molecule has 3 rings (SSSR count). The monoisotopic (exact) mass is 373 g/mol. The second-order valence-electron chi connectivity index (χ2n) is 6.09. The Morgan fingerprint density at radius 1 is 1.00 bits per heavy atom. The van der Waals surface area contributed by atoms with Crippen molar-refractivity contribution in [2.75, 3.05) is 5.32 Å². The van der Waals surface area contributed by atoms with Gasteiger partial charge in [0.15, 0.2) is 6.10 Å². The number of anilines is 1. The van der Waals surface area contributed by atoms with Crippen molar-refractivity contribution in [2.24, 2.45) is 0 Å². The number of amides is 1. The van der Waals surface area contributed by atoms with Gasteiger partial charge in [-0.1, -0.05) is 37.3 Å². The summed E-state index contributed by atoms with van der Waals surface area (Å²) in [5.74, 6) is 0.147. The van der Waals surface area contributed by atoms with Gasteiger partial charge in [0.2, 0.25) is 0 Å². The number of carbonyl (C=O) groups excluding carboxylic acids is 1. The standard InChI is InChI=1S/C21H18F3NO2/c1-2-19(27-18-12-7-14-5-3-4-6-15(14)13-18)20(26)25-17-10-8-16(9-11-17)21(22,23)24/h3-13,19H,2H2,1H3,(H,25,26)/t19-/m1/s1. The van der Waals surface area contributed by atoms with E-state index in [1.165, 1.54) is 12.1 Å². The van der Waals surface area contributed by atoms with Crippen molar-refractivity contribution in [3.05, 3.63) is 72.3 Å². The lowest BCUT2D eigenvalue weighted by Gasteiger charge is -2.18. The summed E-state index contributed by atoms with van der Waals surface area (Å²) in [6, 6.07) is 17.6. The molecule has 140 valence electrons. The minimum absolute atomic E-state index is 0.286. The first kappa shape index (κ1) is 18.8. The van der Waals surface area contributed by atoms with Crippen LogP contribution in [-0.4, -0.2) is 12.0 Å². The minimum Gasteiger partial charge on any atom is -0.481 e. The zero-order valence-corrected chi connectivity index (χ0v) is 14.6. The van der Waals surface area contributed by atoms with E-state index in [2.05, 4.69) is 5.32 Å². The molecule has 0 radical (unpaired) electrons. The Labute approximate surface area is 154 Å². The van der Waals surface area contributed by atoms with Crippen molar-refractivity contribution >= 4 is 22.4 Å². The van der Waals surface area contributed by atoms with Crippen molar-refractivity contribution in [3.8, 4) is 5.75 Å². The number of nitrogens with one attached hydrogen (secondary N) is 1. The predicted molar refractivity (Wildman–Crippen MR) is 98.7 cm³/mol. The molecule has 0 aliphatic heterocycles. The van der Waals surface area contributed by atoms with Crippen LogP contribution in [0.1, 0.15) is 18.9 Å². The third-order valence-corrected chi connectivity index (χ3v) is 4.14. The average molecular weight is 373 g/mol. The summed E-state index contributed by atoms with van der Waals surface area (Å²) in [5, 5.41) is 4.65. The molecule has 1 N–H and O–H groups in total. The zero-order valence-electron chi connectivity index (χ0n) is 14.6. The lowest BCUT2D eigenvalue weighted by molar-refractivity contribution is -0.137. The van der Waals surface area contributed by atoms with E-state index in [9.17, 15) is 18.0 Å². The SMILES string of the molecule is CC[C@@H](Oc1ccc2ccccc2c1)C(=O)Nc1ccc(C(F)(F)F)cc1. The van der Waals surface area contributed by atoms with E-state index in [1.54, 1.807) is 13.0 Å². The van der Waals surface area contributed by atoms with Crippen molar-refractivity contribution in [2.45, 2.75) is 25.6 Å². The number of rotatable bonds is 5. The summed E-state index contributed by atoms with van der Waals surface area (Å²) < 4.78 is 43.6. The van der Waals surface area contributed by atoms with Crippen molar-refractivity contribution in [3.63, 3.8) is 0 Å². The topological polar surface area (TPSA) is 38.3 Å². The maximum atomic E-state index is 12.6. The summed E-state index contributed by atoms with van der Waals surface area (Å²) >= 11 is 0. The molecular weight excluding hydrogens is 355 g/mol. The molecule has 0 heterocycles. The highest BCUT2D eigenvalue weighted by atomic mass is 19.4. The van der Waals surface area contributed by atoms with E-state index in [4.69, 9.17) is 4.74 Å². The second kappa shape index (κ2) is 7.70. The van der Waals surface area contributed by atoms with E-state index in [0.29, 0.717) is 12.2 Å². The molecule has 0 aliphatic rings. The summed E-state index contributed by atoms with van der Waals surface area (Å²) in [7, 11) is 0. The lowest BCUT2D eigenvalue weighted by Crippen LogP contribution is -2.32. The number of benzene rings is 3. The normalized spacial score (nSPS) is 12.6. The lowest BCUT2D eigenvalue weighted by atomic mass is 10.1. The third kappa shape index (κ3) is 4.58. The van der Waals surface area contributed by atoms with E-state index in [-0.39, 0.29) is 5.69 Å². The highest BCUT2D eigenvalue weighted by Crippen LogP contribution is 2.30. The molecule has 0 bridgehead atoms. The first-order valence-electron chi connectivity index (χ1n) is 8.50. The van der Waals surface area contributed by atoms with Crippen LogP contribution in [0.25, 0.3) is 10.8 Å². The largest absolute Gasteiger partial charge is 0.481 e. The van der Waals surface area contributed by atoms with Gasteiger partial charge in [0.25, 0.3) is 5.91 Å². The molecule has 3 aromatic carbocycles. The molecule has 0 saturated heterocycles. The van der Waals surface area contributed by atoms with Crippen LogP contribution in [0, 0.1) is 0 Å². The Morgan fingerprint density at radius 3 is 2.30 bits per heavy atom. The van der Waals surface area contributed by atoms with Gasteiger partial charge in [-0.25, -0.2) is 0 Å². The maximum Gasteiger partial charge on any atom is 0.416 e. The number of halogens is 3. The Balaban J connectivity index is 1.69. The van der Waals surface area contributed by atoms with E-state index < -0.39 is 23.8 Å². The van der Waals surface area contributed by atoms with Crippen LogP contribution >= 0.6 is 0 Å². The van der Waals surface area contributed by atoms with Gasteiger partial charge in [-0.3, -0.25) is 4.79 Å². The van der Waals surface area contributed by atoms with E-state index in [0.717, 1.165) is 22.9 Å². The molecule has 3 nitrogen and oxygen atoms in total. The van der Waals surface area contributed by atoms with Crippen LogP contribution in [0.5, 0.6) is 5.75 Å². The molecule has 0 unspecified atom stereocenters. The average Bonchev–Trinajstić information content (AvgIpc) is 2.65. The Morgan fingerprint density at radius 2 is 1.67 bits per heavy atom. The fourth-order valence-electron chi connectivity index (χ4n) is 2.69. The quantitative estimate of drug-likeness (QED) is 0.627. The van der Waals surface area contributed by atoms with Crippen LogP contribution in [0.3, 0.4) is 0 Å². The molecule has 0 fully saturated rings. The van der Waals surface area contributed by atoms with Gasteiger partial charge in [0, 0.05) is 5.69 Å². The van der Waals surface area contributed by atoms with Gasteiger partial charge in [-0.05, 0) is 53.6 Å². The van der Waals surface area contributed by atoms with Crippen LogP contribution in [-0.2, 0) is 11.0 Å². The number of hydrogen-bond acceptors (Lipinski definition) is 2. The number of carbonyl (C=O) groups is 1. The number of fused-ring (bicyclic) bond motifs is 1. The fraction of sp³-hybridized carbons (Fsp3) is 0.190. The number of alkyl halides is 3. The van der Waals surface area contributed by atoms with Gasteiger partial charge < -0.3 is 10.1 Å². The Hall–Kier alpha value is -3.02. The minimum atomic E-state index is -4.41. The van der Waals surface area contributed by atoms with Gasteiger partial charge in [-0.15, -0.1) is 0 Å². The smallest absolute Gasteiger partial charge is 0.416 e. The summed E-state index contributed by atoms with van der Waals surface area (Å²) in [4.78, 5) is 12.4. The molecule has 0 spiro atoms.